The third-order valence-electron chi connectivity index (χ3n) is 3.56. The lowest BCUT2D eigenvalue weighted by Crippen LogP contribution is -1.96. The summed E-state index contributed by atoms with van der Waals surface area (Å²) >= 11 is 0. The van der Waals surface area contributed by atoms with Gasteiger partial charge in [0.25, 0.3) is 0 Å². The number of carboxylic acid groups (broad SMARTS) is 1. The van der Waals surface area contributed by atoms with Crippen molar-refractivity contribution in [2.24, 2.45) is 0 Å². The first kappa shape index (κ1) is 12.5. The minimum absolute atomic E-state index is 0.322. The van der Waals surface area contributed by atoms with E-state index < -0.39 is 5.97 Å². The van der Waals surface area contributed by atoms with Crippen molar-refractivity contribution in [1.29, 1.82) is 0 Å². The number of rotatable bonds is 2. The zero-order chi connectivity index (χ0) is 14.3. The van der Waals surface area contributed by atoms with Crippen LogP contribution in [0, 0.1) is 13.8 Å². The molecule has 0 aliphatic carbocycles. The molecular weight excluding hydrogens is 250 g/mol. The summed E-state index contributed by atoms with van der Waals surface area (Å²) in [5.41, 5.74) is 4.72. The van der Waals surface area contributed by atoms with Crippen molar-refractivity contribution in [1.82, 2.24) is 4.57 Å². The summed E-state index contributed by atoms with van der Waals surface area (Å²) in [7, 11) is 0. The van der Waals surface area contributed by atoms with E-state index in [0.717, 1.165) is 22.2 Å². The Hall–Kier alpha value is -2.55. The Labute approximate surface area is 117 Å². The average molecular weight is 265 g/mol. The summed E-state index contributed by atoms with van der Waals surface area (Å²) in [6.07, 6.45) is 2.04. The van der Waals surface area contributed by atoms with E-state index in [0.29, 0.717) is 5.56 Å². The van der Waals surface area contributed by atoms with Crippen LogP contribution < -0.4 is 0 Å². The third-order valence-corrected chi connectivity index (χ3v) is 3.56. The highest BCUT2D eigenvalue weighted by molar-refractivity contribution is 5.95. The lowest BCUT2D eigenvalue weighted by atomic mass is 10.1. The minimum Gasteiger partial charge on any atom is -0.478 e. The van der Waals surface area contributed by atoms with Gasteiger partial charge in [0.1, 0.15) is 0 Å². The van der Waals surface area contributed by atoms with Crippen molar-refractivity contribution in [3.63, 3.8) is 0 Å². The molecular formula is C17H15NO2. The minimum atomic E-state index is -0.894. The van der Waals surface area contributed by atoms with Gasteiger partial charge in [-0.25, -0.2) is 4.79 Å². The van der Waals surface area contributed by atoms with Crippen LogP contribution in [-0.4, -0.2) is 15.6 Å². The van der Waals surface area contributed by atoms with Crippen LogP contribution in [-0.2, 0) is 0 Å². The molecule has 0 radical (unpaired) electrons. The number of aromatic carboxylic acids is 1. The fraction of sp³-hybridized carbons (Fsp3) is 0.118. The van der Waals surface area contributed by atoms with Crippen molar-refractivity contribution in [2.45, 2.75) is 13.8 Å². The Morgan fingerprint density at radius 3 is 2.40 bits per heavy atom. The van der Waals surface area contributed by atoms with Crippen LogP contribution in [0.1, 0.15) is 21.5 Å². The zero-order valence-electron chi connectivity index (χ0n) is 11.4. The second kappa shape index (κ2) is 4.53. The summed E-state index contributed by atoms with van der Waals surface area (Å²) in [6, 6.07) is 13.5. The Balaban J connectivity index is 2.22. The maximum atomic E-state index is 11.1. The van der Waals surface area contributed by atoms with Gasteiger partial charge in [-0.1, -0.05) is 17.7 Å². The largest absolute Gasteiger partial charge is 0.478 e. The topological polar surface area (TPSA) is 42.2 Å². The van der Waals surface area contributed by atoms with Gasteiger partial charge in [0, 0.05) is 17.3 Å². The molecule has 0 atom stereocenters. The van der Waals surface area contributed by atoms with Crippen LogP contribution in [0.3, 0.4) is 0 Å². The highest BCUT2D eigenvalue weighted by atomic mass is 16.4. The smallest absolute Gasteiger partial charge is 0.335 e. The molecule has 0 saturated heterocycles. The lowest BCUT2D eigenvalue weighted by Gasteiger charge is -2.06. The van der Waals surface area contributed by atoms with Gasteiger partial charge in [0.15, 0.2) is 0 Å². The number of fused-ring (bicyclic) bond motifs is 1. The summed E-state index contributed by atoms with van der Waals surface area (Å²) in [6.45, 7) is 4.06. The van der Waals surface area contributed by atoms with Gasteiger partial charge in [-0.3, -0.25) is 0 Å². The first-order chi connectivity index (χ1) is 9.56. The van der Waals surface area contributed by atoms with Crippen molar-refractivity contribution in [3.05, 3.63) is 65.4 Å². The number of hydrogen-bond donors (Lipinski definition) is 1. The Kier molecular flexibility index (Phi) is 2.83. The van der Waals surface area contributed by atoms with Gasteiger partial charge in [0.2, 0.25) is 0 Å². The van der Waals surface area contributed by atoms with Crippen molar-refractivity contribution in [3.8, 4) is 5.69 Å². The van der Waals surface area contributed by atoms with Gasteiger partial charge in [0.05, 0.1) is 11.1 Å². The second-order valence-electron chi connectivity index (χ2n) is 5.05. The van der Waals surface area contributed by atoms with Gasteiger partial charge in [-0.2, -0.15) is 0 Å². The van der Waals surface area contributed by atoms with Gasteiger partial charge in [-0.15, -0.1) is 0 Å². The van der Waals surface area contributed by atoms with Crippen LogP contribution in [0.5, 0.6) is 0 Å². The SMILES string of the molecule is Cc1ccc(-n2cc(C)c3cc(C(=O)O)ccc32)cc1. The Morgan fingerprint density at radius 2 is 1.75 bits per heavy atom. The maximum absolute atomic E-state index is 11.1. The molecule has 0 spiro atoms. The molecule has 100 valence electrons. The number of aryl methyl sites for hydroxylation is 2. The van der Waals surface area contributed by atoms with Crippen molar-refractivity contribution in [2.75, 3.05) is 0 Å². The normalized spacial score (nSPS) is 10.9. The zero-order valence-corrected chi connectivity index (χ0v) is 11.4. The molecule has 0 aliphatic rings. The van der Waals surface area contributed by atoms with Gasteiger partial charge >= 0.3 is 5.97 Å². The van der Waals surface area contributed by atoms with E-state index in [2.05, 4.69) is 35.8 Å². The van der Waals surface area contributed by atoms with E-state index in [1.165, 1.54) is 5.56 Å². The standard InChI is InChI=1S/C17H15NO2/c1-11-3-6-14(7-4-11)18-10-12(2)15-9-13(17(19)20)5-8-16(15)18/h3-10H,1-2H3,(H,19,20). The predicted octanol–water partition coefficient (Wildman–Crippen LogP) is 3.95. The fourth-order valence-corrected chi connectivity index (χ4v) is 2.45. The second-order valence-corrected chi connectivity index (χ2v) is 5.05. The molecule has 0 amide bonds. The highest BCUT2D eigenvalue weighted by Gasteiger charge is 2.10. The van der Waals surface area contributed by atoms with E-state index in [4.69, 9.17) is 5.11 Å². The van der Waals surface area contributed by atoms with E-state index in [1.54, 1.807) is 12.1 Å². The molecule has 0 aliphatic heterocycles. The van der Waals surface area contributed by atoms with E-state index >= 15 is 0 Å². The highest BCUT2D eigenvalue weighted by Crippen LogP contribution is 2.25. The molecule has 3 aromatic rings. The maximum Gasteiger partial charge on any atom is 0.335 e. The number of benzene rings is 2. The molecule has 1 N–H and O–H groups in total. The van der Waals surface area contributed by atoms with Crippen LogP contribution in [0.15, 0.2) is 48.7 Å². The first-order valence-electron chi connectivity index (χ1n) is 6.48. The van der Waals surface area contributed by atoms with E-state index in [-0.39, 0.29) is 0 Å². The molecule has 0 unspecified atom stereocenters. The number of hydrogen-bond acceptors (Lipinski definition) is 1. The molecule has 2 aromatic carbocycles. The molecule has 1 aromatic heterocycles. The van der Waals surface area contributed by atoms with E-state index in [9.17, 15) is 4.79 Å². The number of carbonyl (C=O) groups is 1. The Bertz CT molecular complexity index is 798. The van der Waals surface area contributed by atoms with Gasteiger partial charge < -0.3 is 9.67 Å². The number of carboxylic acids is 1. The summed E-state index contributed by atoms with van der Waals surface area (Å²) in [4.78, 5) is 11.1. The first-order valence-corrected chi connectivity index (χ1v) is 6.48. The van der Waals surface area contributed by atoms with Crippen LogP contribution in [0.2, 0.25) is 0 Å². The molecule has 3 rings (SSSR count). The van der Waals surface area contributed by atoms with Crippen molar-refractivity contribution >= 4 is 16.9 Å². The fourth-order valence-electron chi connectivity index (χ4n) is 2.45. The third kappa shape index (κ3) is 1.97. The lowest BCUT2D eigenvalue weighted by molar-refractivity contribution is 0.0697. The molecule has 3 heteroatoms. The average Bonchev–Trinajstić information content (AvgIpc) is 2.76. The summed E-state index contributed by atoms with van der Waals surface area (Å²) in [5.74, 6) is -0.894. The van der Waals surface area contributed by atoms with Crippen molar-refractivity contribution < 1.29 is 9.90 Å². The van der Waals surface area contributed by atoms with Crippen LogP contribution in [0.4, 0.5) is 0 Å². The summed E-state index contributed by atoms with van der Waals surface area (Å²) in [5, 5.41) is 10.1. The monoisotopic (exact) mass is 265 g/mol. The molecule has 0 fully saturated rings. The quantitative estimate of drug-likeness (QED) is 0.762. The molecule has 20 heavy (non-hydrogen) atoms. The van der Waals surface area contributed by atoms with Crippen LogP contribution >= 0.6 is 0 Å². The molecule has 0 saturated carbocycles. The molecule has 3 nitrogen and oxygen atoms in total. The molecule has 1 heterocycles. The van der Waals surface area contributed by atoms with Crippen LogP contribution in [0.25, 0.3) is 16.6 Å². The van der Waals surface area contributed by atoms with Gasteiger partial charge in [-0.05, 0) is 49.7 Å². The summed E-state index contributed by atoms with van der Waals surface area (Å²) < 4.78 is 2.09. The number of aromatic nitrogens is 1. The predicted molar refractivity (Wildman–Crippen MR) is 79.7 cm³/mol. The molecule has 0 bridgehead atoms. The van der Waals surface area contributed by atoms with E-state index in [1.807, 2.05) is 19.2 Å². The Morgan fingerprint density at radius 1 is 1.05 bits per heavy atom. The number of nitrogens with zero attached hydrogens (tertiary/aromatic N) is 1.